The zero-order valence-electron chi connectivity index (χ0n) is 11.1. The molecule has 1 atom stereocenters. The third kappa shape index (κ3) is 2.60. The van der Waals surface area contributed by atoms with Gasteiger partial charge in [0, 0.05) is 6.54 Å². The van der Waals surface area contributed by atoms with Crippen LogP contribution in [-0.4, -0.2) is 12.3 Å². The average Bonchev–Trinajstić information content (AvgIpc) is 2.45. The van der Waals surface area contributed by atoms with Crippen LogP contribution < -0.4 is 5.73 Å². The maximum Gasteiger partial charge on any atom is 0.177 e. The number of aryl methyl sites for hydroxylation is 1. The molecule has 0 aliphatic carbocycles. The van der Waals surface area contributed by atoms with Gasteiger partial charge < -0.3 is 5.73 Å². The zero-order valence-corrected chi connectivity index (χ0v) is 11.1. The summed E-state index contributed by atoms with van der Waals surface area (Å²) >= 11 is 0. The fourth-order valence-corrected chi connectivity index (χ4v) is 2.14. The van der Waals surface area contributed by atoms with E-state index in [0.29, 0.717) is 5.56 Å². The summed E-state index contributed by atoms with van der Waals surface area (Å²) in [5, 5.41) is 0. The van der Waals surface area contributed by atoms with Crippen molar-refractivity contribution in [1.29, 1.82) is 0 Å². The minimum atomic E-state index is -0.854. The van der Waals surface area contributed by atoms with Gasteiger partial charge >= 0.3 is 0 Å². The normalized spacial score (nSPS) is 12.2. The van der Waals surface area contributed by atoms with E-state index in [0.717, 1.165) is 6.07 Å². The Morgan fingerprint density at radius 1 is 1.15 bits per heavy atom. The molecule has 0 amide bonds. The second-order valence-corrected chi connectivity index (χ2v) is 4.62. The quantitative estimate of drug-likeness (QED) is 0.871. The molecule has 0 aromatic heterocycles. The number of rotatable bonds is 4. The van der Waals surface area contributed by atoms with E-state index < -0.39 is 28.9 Å². The molecule has 2 rings (SSSR count). The Morgan fingerprint density at radius 3 is 2.40 bits per heavy atom. The SMILES string of the molecule is Cc1ccc(F)c(C(=O)C(CN)c2ccccc2)c1F. The molecule has 2 nitrogen and oxygen atoms in total. The van der Waals surface area contributed by atoms with Crippen molar-refractivity contribution < 1.29 is 13.6 Å². The molecule has 0 aliphatic rings. The van der Waals surface area contributed by atoms with Crippen LogP contribution in [0.1, 0.15) is 27.4 Å². The van der Waals surface area contributed by atoms with Gasteiger partial charge in [0.15, 0.2) is 5.78 Å². The highest BCUT2D eigenvalue weighted by Gasteiger charge is 2.26. The fraction of sp³-hybridized carbons (Fsp3) is 0.188. The predicted octanol–water partition coefficient (Wildman–Crippen LogP) is 3.20. The second kappa shape index (κ2) is 5.92. The van der Waals surface area contributed by atoms with Gasteiger partial charge in [-0.2, -0.15) is 0 Å². The number of nitrogens with two attached hydrogens (primary N) is 1. The Kier molecular flexibility index (Phi) is 4.25. The number of hydrogen-bond donors (Lipinski definition) is 1. The number of hydrogen-bond acceptors (Lipinski definition) is 2. The number of ketones is 1. The molecule has 2 aromatic rings. The second-order valence-electron chi connectivity index (χ2n) is 4.62. The molecule has 0 radical (unpaired) electrons. The first-order valence-electron chi connectivity index (χ1n) is 6.30. The van der Waals surface area contributed by atoms with Crippen molar-refractivity contribution in [2.24, 2.45) is 5.73 Å². The van der Waals surface area contributed by atoms with E-state index in [9.17, 15) is 13.6 Å². The molecule has 2 aromatic carbocycles. The Hall–Kier alpha value is -2.07. The molecule has 0 heterocycles. The first-order valence-corrected chi connectivity index (χ1v) is 6.30. The number of carbonyl (C=O) groups is 1. The Labute approximate surface area is 116 Å². The highest BCUT2D eigenvalue weighted by atomic mass is 19.1. The van der Waals surface area contributed by atoms with Crippen LogP contribution in [0.15, 0.2) is 42.5 Å². The molecule has 0 saturated carbocycles. The van der Waals surface area contributed by atoms with Gasteiger partial charge in [0.1, 0.15) is 11.6 Å². The van der Waals surface area contributed by atoms with Crippen LogP contribution in [0.2, 0.25) is 0 Å². The van der Waals surface area contributed by atoms with Crippen LogP contribution in [0.3, 0.4) is 0 Å². The number of Topliss-reactive ketones (excluding diaryl/α,β-unsaturated/α-hetero) is 1. The number of carbonyl (C=O) groups excluding carboxylic acids is 1. The summed E-state index contributed by atoms with van der Waals surface area (Å²) in [5.41, 5.74) is 5.99. The smallest absolute Gasteiger partial charge is 0.177 e. The molecule has 0 saturated heterocycles. The summed E-state index contributed by atoms with van der Waals surface area (Å²) in [4.78, 5) is 12.4. The van der Waals surface area contributed by atoms with E-state index in [2.05, 4.69) is 0 Å². The summed E-state index contributed by atoms with van der Waals surface area (Å²) in [6.45, 7) is 1.49. The standard InChI is InChI=1S/C16H15F2NO/c1-10-7-8-13(17)14(15(10)18)16(20)12(9-19)11-5-3-2-4-6-11/h2-8,12H,9,19H2,1H3. The van der Waals surface area contributed by atoms with Gasteiger partial charge in [-0.3, -0.25) is 4.79 Å². The van der Waals surface area contributed by atoms with Crippen LogP contribution >= 0.6 is 0 Å². The maximum absolute atomic E-state index is 14.0. The minimum absolute atomic E-state index is 0.00430. The van der Waals surface area contributed by atoms with Gasteiger partial charge in [-0.15, -0.1) is 0 Å². The zero-order chi connectivity index (χ0) is 14.7. The third-order valence-corrected chi connectivity index (χ3v) is 3.28. The van der Waals surface area contributed by atoms with Crippen molar-refractivity contribution in [3.63, 3.8) is 0 Å². The van der Waals surface area contributed by atoms with E-state index in [1.165, 1.54) is 13.0 Å². The molecule has 0 bridgehead atoms. The van der Waals surface area contributed by atoms with Gasteiger partial charge in [0.25, 0.3) is 0 Å². The van der Waals surface area contributed by atoms with Gasteiger partial charge in [0.05, 0.1) is 11.5 Å². The van der Waals surface area contributed by atoms with Crippen molar-refractivity contribution >= 4 is 5.78 Å². The molecule has 0 fully saturated rings. The lowest BCUT2D eigenvalue weighted by molar-refractivity contribution is 0.0954. The summed E-state index contributed by atoms with van der Waals surface area (Å²) in [5.74, 6) is -3.05. The molecule has 20 heavy (non-hydrogen) atoms. The van der Waals surface area contributed by atoms with E-state index in [1.54, 1.807) is 30.3 Å². The van der Waals surface area contributed by atoms with E-state index >= 15 is 0 Å². The van der Waals surface area contributed by atoms with Crippen LogP contribution in [0.25, 0.3) is 0 Å². The lowest BCUT2D eigenvalue weighted by Crippen LogP contribution is -2.24. The summed E-state index contributed by atoms with van der Waals surface area (Å²) in [7, 11) is 0. The fourth-order valence-electron chi connectivity index (χ4n) is 2.14. The minimum Gasteiger partial charge on any atom is -0.329 e. The lowest BCUT2D eigenvalue weighted by atomic mass is 9.89. The van der Waals surface area contributed by atoms with Crippen LogP contribution in [0, 0.1) is 18.6 Å². The predicted molar refractivity (Wildman–Crippen MR) is 73.7 cm³/mol. The van der Waals surface area contributed by atoms with E-state index in [1.807, 2.05) is 0 Å². The average molecular weight is 275 g/mol. The largest absolute Gasteiger partial charge is 0.329 e. The molecule has 2 N–H and O–H groups in total. The summed E-state index contributed by atoms with van der Waals surface area (Å²) in [6, 6.07) is 11.2. The summed E-state index contributed by atoms with van der Waals surface area (Å²) in [6.07, 6.45) is 0. The van der Waals surface area contributed by atoms with Crippen molar-refractivity contribution in [3.05, 3.63) is 70.8 Å². The van der Waals surface area contributed by atoms with Crippen LogP contribution in [0.4, 0.5) is 8.78 Å². The first-order chi connectivity index (χ1) is 9.56. The maximum atomic E-state index is 14.0. The molecule has 0 spiro atoms. The Balaban J connectivity index is 2.47. The highest BCUT2D eigenvalue weighted by molar-refractivity contribution is 6.01. The molecule has 4 heteroatoms. The molecule has 104 valence electrons. The Bertz CT molecular complexity index is 626. The number of benzene rings is 2. The van der Waals surface area contributed by atoms with Gasteiger partial charge in [-0.25, -0.2) is 8.78 Å². The summed E-state index contributed by atoms with van der Waals surface area (Å²) < 4.78 is 27.8. The molecular weight excluding hydrogens is 260 g/mol. The molecule has 1 unspecified atom stereocenters. The Morgan fingerprint density at radius 2 is 1.80 bits per heavy atom. The van der Waals surface area contributed by atoms with Crippen molar-refractivity contribution in [1.82, 2.24) is 0 Å². The molecular formula is C16H15F2NO. The van der Waals surface area contributed by atoms with Crippen molar-refractivity contribution in [2.75, 3.05) is 6.54 Å². The molecule has 0 aliphatic heterocycles. The van der Waals surface area contributed by atoms with E-state index in [4.69, 9.17) is 5.73 Å². The monoisotopic (exact) mass is 275 g/mol. The third-order valence-electron chi connectivity index (χ3n) is 3.28. The highest BCUT2D eigenvalue weighted by Crippen LogP contribution is 2.25. The number of halogens is 2. The van der Waals surface area contributed by atoms with Crippen LogP contribution in [0.5, 0.6) is 0 Å². The van der Waals surface area contributed by atoms with Gasteiger partial charge in [-0.1, -0.05) is 36.4 Å². The van der Waals surface area contributed by atoms with Gasteiger partial charge in [-0.05, 0) is 24.1 Å². The van der Waals surface area contributed by atoms with Crippen molar-refractivity contribution in [2.45, 2.75) is 12.8 Å². The first kappa shape index (κ1) is 14.3. The van der Waals surface area contributed by atoms with Crippen LogP contribution in [-0.2, 0) is 0 Å². The van der Waals surface area contributed by atoms with Crippen molar-refractivity contribution in [3.8, 4) is 0 Å². The lowest BCUT2D eigenvalue weighted by Gasteiger charge is -2.15. The topological polar surface area (TPSA) is 43.1 Å². The van der Waals surface area contributed by atoms with Gasteiger partial charge in [0.2, 0.25) is 0 Å². The van der Waals surface area contributed by atoms with E-state index in [-0.39, 0.29) is 12.1 Å².